The van der Waals surface area contributed by atoms with Gasteiger partial charge in [-0.25, -0.2) is 0 Å². The lowest BCUT2D eigenvalue weighted by Crippen LogP contribution is -2.34. The summed E-state index contributed by atoms with van der Waals surface area (Å²) >= 11 is 6.02. The van der Waals surface area contributed by atoms with Gasteiger partial charge in [0, 0.05) is 25.6 Å². The van der Waals surface area contributed by atoms with Crippen molar-refractivity contribution in [3.63, 3.8) is 0 Å². The molecular formula is C13H17ClN2O3. The van der Waals surface area contributed by atoms with E-state index >= 15 is 0 Å². The zero-order chi connectivity index (χ0) is 13.8. The van der Waals surface area contributed by atoms with Crippen molar-refractivity contribution in [1.82, 2.24) is 10.6 Å². The number of benzene rings is 1. The topological polar surface area (TPSA) is 70.6 Å². The number of β-amino-alcohol motifs (C(OH)–C–C–N with tert-alkyl or cyclic N) is 1. The maximum atomic E-state index is 12.1. The Labute approximate surface area is 116 Å². The Bertz CT molecular complexity index is 467. The van der Waals surface area contributed by atoms with Gasteiger partial charge in [0.1, 0.15) is 5.75 Å². The normalized spacial score (nSPS) is 22.3. The van der Waals surface area contributed by atoms with Gasteiger partial charge in [0.05, 0.1) is 23.8 Å². The van der Waals surface area contributed by atoms with Crippen molar-refractivity contribution in [2.45, 2.75) is 6.10 Å². The first kappa shape index (κ1) is 14.1. The first-order valence-electron chi connectivity index (χ1n) is 6.13. The van der Waals surface area contributed by atoms with Crippen molar-refractivity contribution in [3.8, 4) is 5.75 Å². The van der Waals surface area contributed by atoms with Crippen molar-refractivity contribution >= 4 is 17.5 Å². The van der Waals surface area contributed by atoms with E-state index in [-0.39, 0.29) is 11.8 Å². The van der Waals surface area contributed by atoms with Crippen molar-refractivity contribution in [3.05, 3.63) is 28.8 Å². The van der Waals surface area contributed by atoms with E-state index in [0.29, 0.717) is 36.0 Å². The molecule has 6 heteroatoms. The number of nitrogens with one attached hydrogen (secondary N) is 2. The van der Waals surface area contributed by atoms with Crippen LogP contribution in [0.2, 0.25) is 5.02 Å². The number of carbonyl (C=O) groups is 1. The lowest BCUT2D eigenvalue weighted by molar-refractivity contribution is 0.0924. The second kappa shape index (κ2) is 6.23. The van der Waals surface area contributed by atoms with E-state index in [1.165, 1.54) is 7.11 Å². The fraction of sp³-hybridized carbons (Fsp3) is 0.462. The SMILES string of the molecule is COc1cccc(Cl)c1C(=O)NCC1CNCC1O. The van der Waals surface area contributed by atoms with Crippen LogP contribution in [-0.4, -0.2) is 43.9 Å². The first-order valence-corrected chi connectivity index (χ1v) is 6.50. The van der Waals surface area contributed by atoms with Crippen LogP contribution in [0.1, 0.15) is 10.4 Å². The Morgan fingerprint density at radius 3 is 3.00 bits per heavy atom. The Morgan fingerprint density at radius 2 is 2.37 bits per heavy atom. The van der Waals surface area contributed by atoms with Crippen LogP contribution in [-0.2, 0) is 0 Å². The molecule has 0 spiro atoms. The second-order valence-electron chi connectivity index (χ2n) is 4.51. The highest BCUT2D eigenvalue weighted by Gasteiger charge is 2.26. The van der Waals surface area contributed by atoms with Gasteiger partial charge in [-0.15, -0.1) is 0 Å². The smallest absolute Gasteiger partial charge is 0.256 e. The van der Waals surface area contributed by atoms with E-state index in [9.17, 15) is 9.90 Å². The van der Waals surface area contributed by atoms with Crippen molar-refractivity contribution in [2.75, 3.05) is 26.7 Å². The number of aliphatic hydroxyl groups is 1. The van der Waals surface area contributed by atoms with Crippen molar-refractivity contribution < 1.29 is 14.6 Å². The molecule has 0 aliphatic carbocycles. The molecule has 1 aromatic carbocycles. The van der Waals surface area contributed by atoms with E-state index < -0.39 is 6.10 Å². The van der Waals surface area contributed by atoms with Crippen LogP contribution in [0, 0.1) is 5.92 Å². The summed E-state index contributed by atoms with van der Waals surface area (Å²) in [6, 6.07) is 5.06. The summed E-state index contributed by atoms with van der Waals surface area (Å²) in [6.45, 7) is 1.67. The highest BCUT2D eigenvalue weighted by Crippen LogP contribution is 2.26. The summed E-state index contributed by atoms with van der Waals surface area (Å²) in [5, 5.41) is 15.9. The second-order valence-corrected chi connectivity index (χ2v) is 4.92. The minimum absolute atomic E-state index is 0.0254. The highest BCUT2D eigenvalue weighted by atomic mass is 35.5. The van der Waals surface area contributed by atoms with Gasteiger partial charge < -0.3 is 20.5 Å². The molecule has 0 saturated carbocycles. The Hall–Kier alpha value is -1.30. The number of aliphatic hydroxyl groups excluding tert-OH is 1. The molecule has 2 rings (SSSR count). The van der Waals surface area contributed by atoms with Gasteiger partial charge in [-0.3, -0.25) is 4.79 Å². The maximum absolute atomic E-state index is 12.1. The van der Waals surface area contributed by atoms with Gasteiger partial charge in [0.25, 0.3) is 5.91 Å². The molecule has 1 aliphatic rings. The third-order valence-corrected chi connectivity index (χ3v) is 3.57. The molecule has 5 nitrogen and oxygen atoms in total. The molecule has 0 aromatic heterocycles. The number of amides is 1. The van der Waals surface area contributed by atoms with Crippen molar-refractivity contribution in [1.29, 1.82) is 0 Å². The molecule has 1 heterocycles. The number of carbonyl (C=O) groups excluding carboxylic acids is 1. The lowest BCUT2D eigenvalue weighted by Gasteiger charge is -2.15. The van der Waals surface area contributed by atoms with E-state index in [2.05, 4.69) is 10.6 Å². The van der Waals surface area contributed by atoms with E-state index in [0.717, 1.165) is 0 Å². The summed E-state index contributed by atoms with van der Waals surface area (Å²) in [5.41, 5.74) is 0.326. The molecule has 104 valence electrons. The number of methoxy groups -OCH3 is 1. The number of ether oxygens (including phenoxy) is 1. The minimum Gasteiger partial charge on any atom is -0.496 e. The molecule has 1 aliphatic heterocycles. The summed E-state index contributed by atoms with van der Waals surface area (Å²) in [5.74, 6) is 0.175. The number of halogens is 1. The summed E-state index contributed by atoms with van der Waals surface area (Å²) < 4.78 is 5.13. The highest BCUT2D eigenvalue weighted by molar-refractivity contribution is 6.34. The molecule has 2 atom stereocenters. The largest absolute Gasteiger partial charge is 0.496 e. The van der Waals surface area contributed by atoms with Crippen LogP contribution >= 0.6 is 11.6 Å². The monoisotopic (exact) mass is 284 g/mol. The van der Waals surface area contributed by atoms with Crippen LogP contribution in [0.4, 0.5) is 0 Å². The van der Waals surface area contributed by atoms with Gasteiger partial charge >= 0.3 is 0 Å². The Balaban J connectivity index is 2.03. The van der Waals surface area contributed by atoms with E-state index in [4.69, 9.17) is 16.3 Å². The Kier molecular flexibility index (Phi) is 4.63. The molecule has 0 radical (unpaired) electrons. The summed E-state index contributed by atoms with van der Waals surface area (Å²) in [7, 11) is 1.49. The van der Waals surface area contributed by atoms with Crippen LogP contribution in [0.5, 0.6) is 5.75 Å². The fourth-order valence-corrected chi connectivity index (χ4v) is 2.39. The maximum Gasteiger partial charge on any atom is 0.256 e. The number of hydrogen-bond donors (Lipinski definition) is 3. The standard InChI is InChI=1S/C13H17ClN2O3/c1-19-11-4-2-3-9(14)12(11)13(18)16-6-8-5-15-7-10(8)17/h2-4,8,10,15,17H,5-7H2,1H3,(H,16,18). The first-order chi connectivity index (χ1) is 9.13. The predicted molar refractivity (Wildman–Crippen MR) is 72.7 cm³/mol. The van der Waals surface area contributed by atoms with Crippen molar-refractivity contribution in [2.24, 2.45) is 5.92 Å². The molecule has 1 saturated heterocycles. The zero-order valence-corrected chi connectivity index (χ0v) is 11.4. The molecule has 2 unspecified atom stereocenters. The summed E-state index contributed by atoms with van der Waals surface area (Å²) in [4.78, 5) is 12.1. The summed E-state index contributed by atoms with van der Waals surface area (Å²) in [6.07, 6.45) is -0.423. The van der Waals surface area contributed by atoms with E-state index in [1.54, 1.807) is 18.2 Å². The van der Waals surface area contributed by atoms with Gasteiger partial charge in [0.15, 0.2) is 0 Å². The average Bonchev–Trinajstić information content (AvgIpc) is 2.81. The fourth-order valence-electron chi connectivity index (χ4n) is 2.13. The Morgan fingerprint density at radius 1 is 1.58 bits per heavy atom. The molecule has 3 N–H and O–H groups in total. The molecule has 1 amide bonds. The zero-order valence-electron chi connectivity index (χ0n) is 10.6. The van der Waals surface area contributed by atoms with Gasteiger partial charge in [-0.05, 0) is 12.1 Å². The lowest BCUT2D eigenvalue weighted by atomic mass is 10.1. The molecule has 1 fully saturated rings. The molecule has 19 heavy (non-hydrogen) atoms. The van der Waals surface area contributed by atoms with Gasteiger partial charge in [-0.1, -0.05) is 17.7 Å². The molecule has 1 aromatic rings. The average molecular weight is 285 g/mol. The number of rotatable bonds is 4. The third kappa shape index (κ3) is 3.18. The minimum atomic E-state index is -0.423. The number of hydrogen-bond acceptors (Lipinski definition) is 4. The molecule has 0 bridgehead atoms. The van der Waals surface area contributed by atoms with Crippen LogP contribution in [0.3, 0.4) is 0 Å². The van der Waals surface area contributed by atoms with Crippen LogP contribution < -0.4 is 15.4 Å². The van der Waals surface area contributed by atoms with Crippen LogP contribution in [0.25, 0.3) is 0 Å². The van der Waals surface area contributed by atoms with Gasteiger partial charge in [0.2, 0.25) is 0 Å². The van der Waals surface area contributed by atoms with Gasteiger partial charge in [-0.2, -0.15) is 0 Å². The third-order valence-electron chi connectivity index (χ3n) is 3.25. The van der Waals surface area contributed by atoms with E-state index in [1.807, 2.05) is 0 Å². The predicted octanol–water partition coefficient (Wildman–Crippen LogP) is 0.659. The molecular weight excluding hydrogens is 268 g/mol. The van der Waals surface area contributed by atoms with Crippen LogP contribution in [0.15, 0.2) is 18.2 Å². The quantitative estimate of drug-likeness (QED) is 0.760.